The average molecular weight is 228 g/mol. The summed E-state index contributed by atoms with van der Waals surface area (Å²) in [5.41, 5.74) is -0.282. The van der Waals surface area contributed by atoms with Crippen molar-refractivity contribution in [2.24, 2.45) is 0 Å². The summed E-state index contributed by atoms with van der Waals surface area (Å²) < 4.78 is 5.24. The molecule has 2 nitrogen and oxygen atoms in total. The number of carbonyl (C=O) groups is 1. The summed E-state index contributed by atoms with van der Waals surface area (Å²) in [5.74, 6) is -0.173. The van der Waals surface area contributed by atoms with Gasteiger partial charge in [0, 0.05) is 6.92 Å². The molecule has 2 heteroatoms. The minimum atomic E-state index is -0.282. The minimum absolute atomic E-state index is 0.173. The van der Waals surface area contributed by atoms with Crippen molar-refractivity contribution >= 4 is 5.97 Å². The molecule has 96 valence electrons. The lowest BCUT2D eigenvalue weighted by Crippen LogP contribution is -2.26. The standard InChI is InChI=1S/C14H28O2/c1-5-6-7-8-9-10-11-12-14(3,4)16-13(2)15/h5-12H2,1-4H3. The van der Waals surface area contributed by atoms with E-state index in [4.69, 9.17) is 4.74 Å². The summed E-state index contributed by atoms with van der Waals surface area (Å²) >= 11 is 0. The lowest BCUT2D eigenvalue weighted by Gasteiger charge is -2.24. The number of hydrogen-bond donors (Lipinski definition) is 0. The molecule has 0 spiro atoms. The summed E-state index contributed by atoms with van der Waals surface area (Å²) in [6, 6.07) is 0. The molecule has 0 fully saturated rings. The third-order valence-corrected chi connectivity index (χ3v) is 2.80. The van der Waals surface area contributed by atoms with Crippen LogP contribution in [0.2, 0.25) is 0 Å². The van der Waals surface area contributed by atoms with E-state index in [9.17, 15) is 4.79 Å². The van der Waals surface area contributed by atoms with Crippen LogP contribution in [0.3, 0.4) is 0 Å². The van der Waals surface area contributed by atoms with E-state index < -0.39 is 0 Å². The van der Waals surface area contributed by atoms with Crippen LogP contribution >= 0.6 is 0 Å². The number of unbranched alkanes of at least 4 members (excludes halogenated alkanes) is 6. The topological polar surface area (TPSA) is 26.3 Å². The van der Waals surface area contributed by atoms with Crippen LogP contribution in [0, 0.1) is 0 Å². The van der Waals surface area contributed by atoms with Gasteiger partial charge in [-0.1, -0.05) is 45.4 Å². The molecular formula is C14H28O2. The van der Waals surface area contributed by atoms with Gasteiger partial charge in [0.1, 0.15) is 5.60 Å². The first-order valence-electron chi connectivity index (χ1n) is 6.67. The smallest absolute Gasteiger partial charge is 0.303 e. The molecule has 0 aromatic rings. The van der Waals surface area contributed by atoms with Gasteiger partial charge in [0.05, 0.1) is 0 Å². The maximum absolute atomic E-state index is 10.8. The van der Waals surface area contributed by atoms with Gasteiger partial charge in [-0.05, 0) is 26.7 Å². The normalized spacial score (nSPS) is 11.5. The van der Waals surface area contributed by atoms with Gasteiger partial charge < -0.3 is 4.74 Å². The number of esters is 1. The SMILES string of the molecule is CCCCCCCCCC(C)(C)OC(C)=O. The predicted molar refractivity (Wildman–Crippen MR) is 68.5 cm³/mol. The van der Waals surface area contributed by atoms with E-state index >= 15 is 0 Å². The van der Waals surface area contributed by atoms with Crippen LogP contribution in [0.25, 0.3) is 0 Å². The first-order valence-corrected chi connectivity index (χ1v) is 6.67. The van der Waals surface area contributed by atoms with E-state index in [1.54, 1.807) is 0 Å². The second kappa shape index (κ2) is 8.60. The molecule has 0 radical (unpaired) electrons. The maximum atomic E-state index is 10.8. The zero-order valence-corrected chi connectivity index (χ0v) is 11.5. The molecule has 0 rings (SSSR count). The Bertz CT molecular complexity index is 185. The van der Waals surface area contributed by atoms with Crippen LogP contribution in [0.4, 0.5) is 0 Å². The minimum Gasteiger partial charge on any atom is -0.460 e. The Morgan fingerprint density at radius 2 is 1.50 bits per heavy atom. The molecule has 0 aromatic heterocycles. The number of rotatable bonds is 9. The van der Waals surface area contributed by atoms with Crippen LogP contribution in [-0.2, 0) is 9.53 Å². The van der Waals surface area contributed by atoms with Gasteiger partial charge in [-0.2, -0.15) is 0 Å². The Morgan fingerprint density at radius 1 is 1.00 bits per heavy atom. The van der Waals surface area contributed by atoms with Gasteiger partial charge in [-0.15, -0.1) is 0 Å². The molecule has 0 aromatic carbocycles. The molecule has 0 N–H and O–H groups in total. The Kier molecular flexibility index (Phi) is 8.32. The van der Waals surface area contributed by atoms with Gasteiger partial charge in [-0.25, -0.2) is 0 Å². The quantitative estimate of drug-likeness (QED) is 0.430. The van der Waals surface area contributed by atoms with Crippen LogP contribution in [-0.4, -0.2) is 11.6 Å². The third kappa shape index (κ3) is 10.0. The molecule has 0 aliphatic heterocycles. The Hall–Kier alpha value is -0.530. The highest BCUT2D eigenvalue weighted by Crippen LogP contribution is 2.19. The van der Waals surface area contributed by atoms with Crippen molar-refractivity contribution in [2.45, 2.75) is 84.7 Å². The number of hydrogen-bond acceptors (Lipinski definition) is 2. The van der Waals surface area contributed by atoms with E-state index in [1.165, 1.54) is 45.4 Å². The van der Waals surface area contributed by atoms with Gasteiger partial charge in [0.25, 0.3) is 0 Å². The fourth-order valence-corrected chi connectivity index (χ4v) is 1.95. The van der Waals surface area contributed by atoms with E-state index in [0.717, 1.165) is 12.8 Å². The summed E-state index contributed by atoms with van der Waals surface area (Å²) in [6.07, 6.45) is 10.1. The molecular weight excluding hydrogens is 200 g/mol. The van der Waals surface area contributed by atoms with Gasteiger partial charge in [0.2, 0.25) is 0 Å². The first kappa shape index (κ1) is 15.5. The highest BCUT2D eigenvalue weighted by atomic mass is 16.6. The Balaban J connectivity index is 3.39. The molecule has 0 aliphatic carbocycles. The van der Waals surface area contributed by atoms with Crippen LogP contribution in [0.5, 0.6) is 0 Å². The second-order valence-electron chi connectivity index (χ2n) is 5.22. The number of ether oxygens (including phenoxy) is 1. The van der Waals surface area contributed by atoms with Crippen molar-refractivity contribution < 1.29 is 9.53 Å². The van der Waals surface area contributed by atoms with E-state index in [0.29, 0.717) is 0 Å². The maximum Gasteiger partial charge on any atom is 0.303 e. The zero-order chi connectivity index (χ0) is 12.4. The fraction of sp³-hybridized carbons (Fsp3) is 0.929. The van der Waals surface area contributed by atoms with E-state index in [-0.39, 0.29) is 11.6 Å². The molecule has 0 bridgehead atoms. The molecule has 0 saturated carbocycles. The van der Waals surface area contributed by atoms with Crippen molar-refractivity contribution in [1.82, 2.24) is 0 Å². The van der Waals surface area contributed by atoms with Gasteiger partial charge in [-0.3, -0.25) is 4.79 Å². The van der Waals surface area contributed by atoms with Crippen molar-refractivity contribution in [3.63, 3.8) is 0 Å². The Morgan fingerprint density at radius 3 is 2.00 bits per heavy atom. The summed E-state index contributed by atoms with van der Waals surface area (Å²) in [7, 11) is 0. The Labute approximate surface area is 101 Å². The molecule has 0 aliphatic rings. The predicted octanol–water partition coefficient (Wildman–Crippen LogP) is 4.47. The van der Waals surface area contributed by atoms with Gasteiger partial charge in [0.15, 0.2) is 0 Å². The summed E-state index contributed by atoms with van der Waals surface area (Å²) in [6.45, 7) is 7.70. The van der Waals surface area contributed by atoms with Crippen molar-refractivity contribution in [2.75, 3.05) is 0 Å². The van der Waals surface area contributed by atoms with Crippen LogP contribution < -0.4 is 0 Å². The van der Waals surface area contributed by atoms with E-state index in [2.05, 4.69) is 6.92 Å². The van der Waals surface area contributed by atoms with Crippen molar-refractivity contribution in [3.05, 3.63) is 0 Å². The van der Waals surface area contributed by atoms with Gasteiger partial charge >= 0.3 is 5.97 Å². The summed E-state index contributed by atoms with van der Waals surface area (Å²) in [5, 5.41) is 0. The highest BCUT2D eigenvalue weighted by molar-refractivity contribution is 5.66. The largest absolute Gasteiger partial charge is 0.460 e. The lowest BCUT2D eigenvalue weighted by molar-refractivity contribution is -0.154. The summed E-state index contributed by atoms with van der Waals surface area (Å²) in [4.78, 5) is 10.8. The van der Waals surface area contributed by atoms with Crippen molar-refractivity contribution in [1.29, 1.82) is 0 Å². The lowest BCUT2D eigenvalue weighted by atomic mass is 9.99. The average Bonchev–Trinajstić information content (AvgIpc) is 2.14. The number of carbonyl (C=O) groups excluding carboxylic acids is 1. The third-order valence-electron chi connectivity index (χ3n) is 2.80. The van der Waals surface area contributed by atoms with Crippen LogP contribution in [0.15, 0.2) is 0 Å². The monoisotopic (exact) mass is 228 g/mol. The zero-order valence-electron chi connectivity index (χ0n) is 11.5. The molecule has 0 heterocycles. The van der Waals surface area contributed by atoms with Crippen molar-refractivity contribution in [3.8, 4) is 0 Å². The second-order valence-corrected chi connectivity index (χ2v) is 5.22. The van der Waals surface area contributed by atoms with Crippen LogP contribution in [0.1, 0.15) is 79.1 Å². The molecule has 16 heavy (non-hydrogen) atoms. The molecule has 0 unspecified atom stereocenters. The molecule has 0 atom stereocenters. The molecule has 0 amide bonds. The highest BCUT2D eigenvalue weighted by Gasteiger charge is 2.19. The molecule has 0 saturated heterocycles. The van der Waals surface area contributed by atoms with E-state index in [1.807, 2.05) is 13.8 Å². The fourth-order valence-electron chi connectivity index (χ4n) is 1.95. The first-order chi connectivity index (χ1) is 7.48.